The standard InChI is InChI=1S/C8H8N4O3/c1-2-5(13)15-12-4-11-6-7(12)9-3-10-8(6)14/h3-4H,2H2,1H3,(H,9,10,14). The normalized spacial score (nSPS) is 10.5. The summed E-state index contributed by atoms with van der Waals surface area (Å²) in [6.07, 6.45) is 2.70. The van der Waals surface area contributed by atoms with Crippen LogP contribution in [0.5, 0.6) is 0 Å². The van der Waals surface area contributed by atoms with Gasteiger partial charge in [-0.05, 0) is 0 Å². The van der Waals surface area contributed by atoms with Crippen LogP contribution in [0.3, 0.4) is 0 Å². The van der Waals surface area contributed by atoms with Crippen molar-refractivity contribution in [2.24, 2.45) is 0 Å². The van der Waals surface area contributed by atoms with E-state index in [1.165, 1.54) is 12.7 Å². The zero-order valence-electron chi connectivity index (χ0n) is 7.93. The predicted octanol–water partition coefficient (Wildman–Crippen LogP) is -0.515. The van der Waals surface area contributed by atoms with Crippen LogP contribution in [0.25, 0.3) is 11.2 Å². The largest absolute Gasteiger partial charge is 0.334 e. The smallest absolute Gasteiger partial charge is 0.332 e. The summed E-state index contributed by atoms with van der Waals surface area (Å²) in [5, 5.41) is 0. The Morgan fingerprint density at radius 2 is 2.40 bits per heavy atom. The molecule has 0 aliphatic carbocycles. The van der Waals surface area contributed by atoms with E-state index in [9.17, 15) is 9.59 Å². The number of H-pyrrole nitrogens is 1. The summed E-state index contributed by atoms with van der Waals surface area (Å²) in [5.41, 5.74) is -0.00625. The molecule has 0 bridgehead atoms. The van der Waals surface area contributed by atoms with Crippen LogP contribution in [-0.2, 0) is 4.79 Å². The molecule has 0 aromatic carbocycles. The Morgan fingerprint density at radius 1 is 1.60 bits per heavy atom. The molecular formula is C8H8N4O3. The number of carbonyl (C=O) groups is 1. The lowest BCUT2D eigenvalue weighted by atomic mass is 10.5. The number of fused-ring (bicyclic) bond motifs is 1. The fraction of sp³-hybridized carbons (Fsp3) is 0.250. The number of nitrogens with one attached hydrogen (secondary N) is 1. The van der Waals surface area contributed by atoms with E-state index in [1.807, 2.05) is 0 Å². The van der Waals surface area contributed by atoms with Gasteiger partial charge in [-0.25, -0.2) is 14.8 Å². The van der Waals surface area contributed by atoms with Crippen LogP contribution in [0.15, 0.2) is 17.4 Å². The molecule has 7 nitrogen and oxygen atoms in total. The van der Waals surface area contributed by atoms with Crippen molar-refractivity contribution in [2.45, 2.75) is 13.3 Å². The Kier molecular flexibility index (Phi) is 2.20. The van der Waals surface area contributed by atoms with Crippen molar-refractivity contribution in [2.75, 3.05) is 0 Å². The molecule has 0 spiro atoms. The summed E-state index contributed by atoms with van der Waals surface area (Å²) >= 11 is 0. The van der Waals surface area contributed by atoms with E-state index in [-0.39, 0.29) is 23.1 Å². The Balaban J connectivity index is 2.50. The summed E-state index contributed by atoms with van der Waals surface area (Å²) in [6, 6.07) is 0. The average molecular weight is 208 g/mol. The summed E-state index contributed by atoms with van der Waals surface area (Å²) in [4.78, 5) is 37.1. The lowest BCUT2D eigenvalue weighted by Gasteiger charge is -2.01. The lowest BCUT2D eigenvalue weighted by Crippen LogP contribution is -2.18. The molecule has 2 aromatic heterocycles. The number of imidazole rings is 1. The molecule has 0 radical (unpaired) electrons. The molecule has 0 aliphatic rings. The molecule has 0 aliphatic heterocycles. The number of aromatic amines is 1. The van der Waals surface area contributed by atoms with E-state index in [4.69, 9.17) is 4.84 Å². The summed E-state index contributed by atoms with van der Waals surface area (Å²) < 4.78 is 1.08. The maximum absolute atomic E-state index is 11.2. The molecule has 2 aromatic rings. The predicted molar refractivity (Wildman–Crippen MR) is 50.0 cm³/mol. The maximum atomic E-state index is 11.2. The maximum Gasteiger partial charge on any atom is 0.332 e. The highest BCUT2D eigenvalue weighted by Crippen LogP contribution is 2.01. The molecule has 0 fully saturated rings. The van der Waals surface area contributed by atoms with Crippen molar-refractivity contribution in [3.05, 3.63) is 23.0 Å². The van der Waals surface area contributed by atoms with Crippen LogP contribution in [0.4, 0.5) is 0 Å². The van der Waals surface area contributed by atoms with Crippen LogP contribution < -0.4 is 10.4 Å². The summed E-state index contributed by atoms with van der Waals surface area (Å²) in [6.45, 7) is 1.67. The molecule has 15 heavy (non-hydrogen) atoms. The quantitative estimate of drug-likeness (QED) is 0.717. The first-order chi connectivity index (χ1) is 7.22. The monoisotopic (exact) mass is 208 g/mol. The Bertz CT molecular complexity index is 556. The first-order valence-corrected chi connectivity index (χ1v) is 4.34. The SMILES string of the molecule is CCC(=O)On1cnc2c(=O)[nH]cnc21. The van der Waals surface area contributed by atoms with Crippen LogP contribution in [-0.4, -0.2) is 25.7 Å². The average Bonchev–Trinajstić information content (AvgIpc) is 2.63. The summed E-state index contributed by atoms with van der Waals surface area (Å²) in [5.74, 6) is -0.420. The number of aromatic nitrogens is 4. The van der Waals surface area contributed by atoms with Gasteiger partial charge in [-0.2, -0.15) is 0 Å². The van der Waals surface area contributed by atoms with E-state index in [0.717, 1.165) is 4.73 Å². The zero-order valence-corrected chi connectivity index (χ0v) is 7.93. The van der Waals surface area contributed by atoms with Gasteiger partial charge in [0, 0.05) is 6.42 Å². The van der Waals surface area contributed by atoms with Crippen molar-refractivity contribution < 1.29 is 9.63 Å². The number of hydrogen-bond acceptors (Lipinski definition) is 5. The molecule has 0 saturated carbocycles. The second-order valence-electron chi connectivity index (χ2n) is 2.79. The van der Waals surface area contributed by atoms with Crippen LogP contribution in [0.2, 0.25) is 0 Å². The number of nitrogens with zero attached hydrogens (tertiary/aromatic N) is 3. The molecule has 2 rings (SSSR count). The van der Waals surface area contributed by atoms with Gasteiger partial charge < -0.3 is 9.82 Å². The first kappa shape index (κ1) is 9.38. The van der Waals surface area contributed by atoms with Gasteiger partial charge in [-0.1, -0.05) is 6.92 Å². The van der Waals surface area contributed by atoms with E-state index in [2.05, 4.69) is 15.0 Å². The Morgan fingerprint density at radius 3 is 3.13 bits per heavy atom. The van der Waals surface area contributed by atoms with Gasteiger partial charge in [0.2, 0.25) is 5.65 Å². The van der Waals surface area contributed by atoms with E-state index in [1.54, 1.807) is 6.92 Å². The van der Waals surface area contributed by atoms with Crippen LogP contribution >= 0.6 is 0 Å². The minimum absolute atomic E-state index is 0.140. The minimum Gasteiger partial charge on any atom is -0.334 e. The topological polar surface area (TPSA) is 89.9 Å². The molecule has 2 heterocycles. The van der Waals surface area contributed by atoms with Crippen molar-refractivity contribution in [3.8, 4) is 0 Å². The van der Waals surface area contributed by atoms with E-state index < -0.39 is 5.97 Å². The van der Waals surface area contributed by atoms with Crippen molar-refractivity contribution in [1.82, 2.24) is 19.7 Å². The second-order valence-corrected chi connectivity index (χ2v) is 2.79. The van der Waals surface area contributed by atoms with Gasteiger partial charge in [0.1, 0.15) is 6.33 Å². The number of hydrogen-bond donors (Lipinski definition) is 1. The Labute approximate surface area is 83.7 Å². The second kappa shape index (κ2) is 3.52. The number of carbonyl (C=O) groups excluding carboxylic acids is 1. The van der Waals surface area contributed by atoms with Gasteiger partial charge in [0.15, 0.2) is 5.52 Å². The highest BCUT2D eigenvalue weighted by molar-refractivity contribution is 5.72. The Hall–Kier alpha value is -2.18. The molecule has 0 unspecified atom stereocenters. The first-order valence-electron chi connectivity index (χ1n) is 4.34. The molecule has 78 valence electrons. The molecule has 1 N–H and O–H groups in total. The fourth-order valence-electron chi connectivity index (χ4n) is 1.07. The van der Waals surface area contributed by atoms with Gasteiger partial charge in [0.05, 0.1) is 6.33 Å². The zero-order chi connectivity index (χ0) is 10.8. The third kappa shape index (κ3) is 1.58. The molecule has 0 atom stereocenters. The van der Waals surface area contributed by atoms with Crippen LogP contribution in [0, 0.1) is 0 Å². The highest BCUT2D eigenvalue weighted by Gasteiger charge is 2.09. The lowest BCUT2D eigenvalue weighted by molar-refractivity contribution is -0.143. The van der Waals surface area contributed by atoms with Gasteiger partial charge in [0.25, 0.3) is 5.56 Å². The molecule has 7 heteroatoms. The van der Waals surface area contributed by atoms with Crippen molar-refractivity contribution in [1.29, 1.82) is 0 Å². The fourth-order valence-corrected chi connectivity index (χ4v) is 1.07. The van der Waals surface area contributed by atoms with Crippen molar-refractivity contribution in [3.63, 3.8) is 0 Å². The van der Waals surface area contributed by atoms with Gasteiger partial charge in [-0.15, -0.1) is 4.73 Å². The van der Waals surface area contributed by atoms with Gasteiger partial charge in [-0.3, -0.25) is 4.79 Å². The number of rotatable bonds is 2. The van der Waals surface area contributed by atoms with Gasteiger partial charge >= 0.3 is 5.97 Å². The van der Waals surface area contributed by atoms with Crippen LogP contribution in [0.1, 0.15) is 13.3 Å². The van der Waals surface area contributed by atoms with E-state index >= 15 is 0 Å². The molecule has 0 saturated heterocycles. The highest BCUT2D eigenvalue weighted by atomic mass is 16.7. The minimum atomic E-state index is -0.420. The third-order valence-electron chi connectivity index (χ3n) is 1.80. The van der Waals surface area contributed by atoms with E-state index in [0.29, 0.717) is 0 Å². The van der Waals surface area contributed by atoms with Crippen molar-refractivity contribution >= 4 is 17.1 Å². The third-order valence-corrected chi connectivity index (χ3v) is 1.80. The molecule has 0 amide bonds. The summed E-state index contributed by atoms with van der Waals surface area (Å²) in [7, 11) is 0. The molecular weight excluding hydrogens is 200 g/mol.